The topological polar surface area (TPSA) is 60.2 Å². The van der Waals surface area contributed by atoms with Gasteiger partial charge in [0, 0.05) is 6.20 Å². The number of pyridine rings is 1. The van der Waals surface area contributed by atoms with E-state index in [1.54, 1.807) is 13.3 Å². The van der Waals surface area contributed by atoms with Crippen LogP contribution in [-0.4, -0.2) is 12.1 Å². The number of nitrogens with zero attached hydrogens (tertiary/aromatic N) is 1. The van der Waals surface area contributed by atoms with Crippen molar-refractivity contribution in [2.24, 2.45) is 5.84 Å². The van der Waals surface area contributed by atoms with E-state index >= 15 is 0 Å². The lowest BCUT2D eigenvalue weighted by atomic mass is 10.0. The molecule has 18 heavy (non-hydrogen) atoms. The first-order valence-corrected chi connectivity index (χ1v) is 5.78. The van der Waals surface area contributed by atoms with Gasteiger partial charge in [0.2, 0.25) is 0 Å². The minimum atomic E-state index is -0.114. The Morgan fingerprint density at radius 1 is 1.22 bits per heavy atom. The molecule has 4 nitrogen and oxygen atoms in total. The smallest absolute Gasteiger partial charge is 0.118 e. The fourth-order valence-corrected chi connectivity index (χ4v) is 1.93. The zero-order valence-electron chi connectivity index (χ0n) is 10.6. The second-order valence-corrected chi connectivity index (χ2v) is 4.08. The van der Waals surface area contributed by atoms with Gasteiger partial charge in [-0.25, -0.2) is 5.43 Å². The third-order valence-electron chi connectivity index (χ3n) is 2.94. The van der Waals surface area contributed by atoms with Crippen LogP contribution in [0.1, 0.15) is 22.9 Å². The standard InChI is InChI=1S/C14H17N3O/c1-10-4-3-9-16-13(10)14(17-15)11-5-7-12(18-2)8-6-11/h3-9,14,17H,15H2,1-2H3. The molecule has 1 heterocycles. The predicted octanol–water partition coefficient (Wildman–Crippen LogP) is 1.95. The molecule has 0 saturated heterocycles. The van der Waals surface area contributed by atoms with Gasteiger partial charge in [0.15, 0.2) is 0 Å². The van der Waals surface area contributed by atoms with E-state index in [0.717, 1.165) is 22.6 Å². The zero-order valence-corrected chi connectivity index (χ0v) is 10.6. The average Bonchev–Trinajstić information content (AvgIpc) is 2.42. The van der Waals surface area contributed by atoms with Crippen LogP contribution in [0.15, 0.2) is 42.6 Å². The Balaban J connectivity index is 2.36. The fraction of sp³-hybridized carbons (Fsp3) is 0.214. The normalized spacial score (nSPS) is 12.2. The van der Waals surface area contributed by atoms with E-state index in [9.17, 15) is 0 Å². The highest BCUT2D eigenvalue weighted by Gasteiger charge is 2.15. The number of rotatable bonds is 4. The molecule has 0 amide bonds. The van der Waals surface area contributed by atoms with Crippen LogP contribution in [0, 0.1) is 6.92 Å². The molecule has 0 radical (unpaired) electrons. The Morgan fingerprint density at radius 3 is 2.50 bits per heavy atom. The van der Waals surface area contributed by atoms with Crippen molar-refractivity contribution in [3.05, 3.63) is 59.4 Å². The summed E-state index contributed by atoms with van der Waals surface area (Å²) >= 11 is 0. The van der Waals surface area contributed by atoms with Crippen molar-refractivity contribution in [1.82, 2.24) is 10.4 Å². The van der Waals surface area contributed by atoms with Gasteiger partial charge in [0.1, 0.15) is 5.75 Å². The van der Waals surface area contributed by atoms with Gasteiger partial charge in [-0.05, 0) is 36.2 Å². The number of aromatic nitrogens is 1. The Morgan fingerprint density at radius 2 is 1.94 bits per heavy atom. The van der Waals surface area contributed by atoms with Crippen LogP contribution in [0.3, 0.4) is 0 Å². The summed E-state index contributed by atoms with van der Waals surface area (Å²) in [7, 11) is 1.65. The number of nitrogens with one attached hydrogen (secondary N) is 1. The van der Waals surface area contributed by atoms with Crippen molar-refractivity contribution < 1.29 is 4.74 Å². The molecule has 4 heteroatoms. The lowest BCUT2D eigenvalue weighted by molar-refractivity contribution is 0.414. The molecule has 0 bridgehead atoms. The van der Waals surface area contributed by atoms with Crippen LogP contribution in [0.25, 0.3) is 0 Å². The maximum Gasteiger partial charge on any atom is 0.118 e. The van der Waals surface area contributed by atoms with E-state index in [1.807, 2.05) is 43.3 Å². The van der Waals surface area contributed by atoms with Crippen molar-refractivity contribution in [1.29, 1.82) is 0 Å². The SMILES string of the molecule is COc1ccc(C(NN)c2ncccc2C)cc1. The third kappa shape index (κ3) is 2.50. The van der Waals surface area contributed by atoms with E-state index < -0.39 is 0 Å². The molecule has 2 aromatic rings. The summed E-state index contributed by atoms with van der Waals surface area (Å²) in [6, 6.07) is 11.6. The number of benzene rings is 1. The first-order chi connectivity index (χ1) is 8.76. The second kappa shape index (κ2) is 5.62. The van der Waals surface area contributed by atoms with Crippen molar-refractivity contribution >= 4 is 0 Å². The molecule has 1 aromatic heterocycles. The summed E-state index contributed by atoms with van der Waals surface area (Å²) in [5.74, 6) is 6.48. The molecule has 2 rings (SSSR count). The molecular formula is C14H17N3O. The van der Waals surface area contributed by atoms with Crippen LogP contribution in [0.4, 0.5) is 0 Å². The van der Waals surface area contributed by atoms with E-state index in [1.165, 1.54) is 0 Å². The molecule has 94 valence electrons. The highest BCUT2D eigenvalue weighted by atomic mass is 16.5. The van der Waals surface area contributed by atoms with E-state index in [4.69, 9.17) is 10.6 Å². The van der Waals surface area contributed by atoms with E-state index in [2.05, 4.69) is 10.4 Å². The van der Waals surface area contributed by atoms with Crippen LogP contribution < -0.4 is 16.0 Å². The highest BCUT2D eigenvalue weighted by molar-refractivity contribution is 5.35. The summed E-state index contributed by atoms with van der Waals surface area (Å²) in [4.78, 5) is 4.39. The van der Waals surface area contributed by atoms with Gasteiger partial charge in [0.05, 0.1) is 18.8 Å². The van der Waals surface area contributed by atoms with Gasteiger partial charge in [-0.15, -0.1) is 0 Å². The van der Waals surface area contributed by atoms with Gasteiger partial charge in [-0.2, -0.15) is 0 Å². The molecule has 1 atom stereocenters. The van der Waals surface area contributed by atoms with Crippen LogP contribution >= 0.6 is 0 Å². The third-order valence-corrected chi connectivity index (χ3v) is 2.94. The molecule has 0 saturated carbocycles. The number of aryl methyl sites for hydroxylation is 1. The molecule has 0 aliphatic heterocycles. The van der Waals surface area contributed by atoms with Crippen molar-refractivity contribution in [3.63, 3.8) is 0 Å². The molecule has 0 aliphatic carbocycles. The number of hydrogen-bond acceptors (Lipinski definition) is 4. The molecule has 0 aliphatic rings. The maximum atomic E-state index is 5.66. The van der Waals surface area contributed by atoms with Gasteiger partial charge in [-0.3, -0.25) is 10.8 Å². The second-order valence-electron chi connectivity index (χ2n) is 4.08. The minimum absolute atomic E-state index is 0.114. The Bertz CT molecular complexity index is 511. The molecule has 0 fully saturated rings. The van der Waals surface area contributed by atoms with E-state index in [-0.39, 0.29) is 6.04 Å². The van der Waals surface area contributed by atoms with Gasteiger partial charge < -0.3 is 4.74 Å². The summed E-state index contributed by atoms with van der Waals surface area (Å²) in [6.07, 6.45) is 1.77. The highest BCUT2D eigenvalue weighted by Crippen LogP contribution is 2.23. The summed E-state index contributed by atoms with van der Waals surface area (Å²) in [5, 5.41) is 0. The number of methoxy groups -OCH3 is 1. The van der Waals surface area contributed by atoms with Crippen molar-refractivity contribution in [3.8, 4) is 5.75 Å². The molecular weight excluding hydrogens is 226 g/mol. The summed E-state index contributed by atoms with van der Waals surface area (Å²) in [5.41, 5.74) is 5.91. The van der Waals surface area contributed by atoms with Crippen LogP contribution in [-0.2, 0) is 0 Å². The number of nitrogens with two attached hydrogens (primary N) is 1. The van der Waals surface area contributed by atoms with Crippen LogP contribution in [0.2, 0.25) is 0 Å². The van der Waals surface area contributed by atoms with Gasteiger partial charge in [0.25, 0.3) is 0 Å². The molecule has 1 aromatic carbocycles. The van der Waals surface area contributed by atoms with Crippen molar-refractivity contribution in [2.75, 3.05) is 7.11 Å². The summed E-state index contributed by atoms with van der Waals surface area (Å²) < 4.78 is 5.14. The van der Waals surface area contributed by atoms with E-state index in [0.29, 0.717) is 0 Å². The van der Waals surface area contributed by atoms with Gasteiger partial charge in [-0.1, -0.05) is 18.2 Å². The zero-order chi connectivity index (χ0) is 13.0. The minimum Gasteiger partial charge on any atom is -0.497 e. The van der Waals surface area contributed by atoms with Crippen molar-refractivity contribution in [2.45, 2.75) is 13.0 Å². The Labute approximate surface area is 107 Å². The quantitative estimate of drug-likeness (QED) is 0.636. The molecule has 0 spiro atoms. The van der Waals surface area contributed by atoms with Crippen LogP contribution in [0.5, 0.6) is 5.75 Å². The maximum absolute atomic E-state index is 5.66. The lowest BCUT2D eigenvalue weighted by Crippen LogP contribution is -2.30. The Kier molecular flexibility index (Phi) is 3.92. The van der Waals surface area contributed by atoms with Gasteiger partial charge >= 0.3 is 0 Å². The predicted molar refractivity (Wildman–Crippen MR) is 71.1 cm³/mol. The number of hydrogen-bond donors (Lipinski definition) is 2. The largest absolute Gasteiger partial charge is 0.497 e. The molecule has 1 unspecified atom stereocenters. The summed E-state index contributed by atoms with van der Waals surface area (Å²) in [6.45, 7) is 2.02. The first-order valence-electron chi connectivity index (χ1n) is 5.78. The number of hydrazine groups is 1. The lowest BCUT2D eigenvalue weighted by Gasteiger charge is -2.18. The fourth-order valence-electron chi connectivity index (χ4n) is 1.93. The average molecular weight is 243 g/mol. The number of ether oxygens (including phenoxy) is 1. The Hall–Kier alpha value is -1.91. The monoisotopic (exact) mass is 243 g/mol. The first kappa shape index (κ1) is 12.5. The molecule has 3 N–H and O–H groups in total.